The van der Waals surface area contributed by atoms with E-state index in [0.717, 1.165) is 53.5 Å². The molecule has 1 unspecified atom stereocenters. The van der Waals surface area contributed by atoms with E-state index in [0.29, 0.717) is 12.1 Å². The smallest absolute Gasteiger partial charge is 0.264 e. The van der Waals surface area contributed by atoms with Gasteiger partial charge in [0.1, 0.15) is 12.6 Å². The highest BCUT2D eigenvalue weighted by Gasteiger charge is 2.34. The van der Waals surface area contributed by atoms with Gasteiger partial charge in [-0.25, -0.2) is 8.42 Å². The fourth-order valence-corrected chi connectivity index (χ4v) is 7.15. The first-order valence-corrected chi connectivity index (χ1v) is 16.2. The van der Waals surface area contributed by atoms with Crippen LogP contribution < -0.4 is 9.62 Å². The molecule has 0 radical (unpaired) electrons. The normalized spacial score (nSPS) is 14.4. The Labute approximate surface area is 251 Å². The number of hydrogen-bond donors (Lipinski definition) is 1. The third kappa shape index (κ3) is 7.59. The number of amides is 2. The molecule has 0 bridgehead atoms. The molecule has 8 heteroatoms. The van der Waals surface area contributed by atoms with Crippen LogP contribution in [-0.4, -0.2) is 43.8 Å². The summed E-state index contributed by atoms with van der Waals surface area (Å²) in [6.07, 6.45) is 4.43. The SMILES string of the molecule is CCC(C(=O)NC1CCCC1)N(Cc1cccc(C)c1)C(=O)CN(c1cc(C)cc(C)c1)S(=O)(=O)c1ccc(C)cc1. The summed E-state index contributed by atoms with van der Waals surface area (Å²) in [4.78, 5) is 29.6. The van der Waals surface area contributed by atoms with E-state index in [1.54, 1.807) is 41.3 Å². The zero-order valence-electron chi connectivity index (χ0n) is 25.4. The van der Waals surface area contributed by atoms with Crippen molar-refractivity contribution in [2.45, 2.75) is 90.2 Å². The molecule has 42 heavy (non-hydrogen) atoms. The molecule has 3 aromatic rings. The minimum Gasteiger partial charge on any atom is -0.352 e. The second-order valence-corrected chi connectivity index (χ2v) is 13.5. The van der Waals surface area contributed by atoms with E-state index >= 15 is 0 Å². The Bertz CT molecular complexity index is 1490. The molecular weight excluding hydrogens is 546 g/mol. The molecule has 1 fully saturated rings. The molecule has 0 heterocycles. The van der Waals surface area contributed by atoms with Crippen molar-refractivity contribution in [3.05, 3.63) is 94.5 Å². The van der Waals surface area contributed by atoms with Gasteiger partial charge in [-0.3, -0.25) is 13.9 Å². The lowest BCUT2D eigenvalue weighted by atomic mass is 10.1. The molecule has 0 aromatic heterocycles. The summed E-state index contributed by atoms with van der Waals surface area (Å²) in [5.41, 5.74) is 5.06. The van der Waals surface area contributed by atoms with Crippen LogP contribution in [0, 0.1) is 27.7 Å². The number of sulfonamides is 1. The largest absolute Gasteiger partial charge is 0.352 e. The van der Waals surface area contributed by atoms with E-state index in [4.69, 9.17) is 0 Å². The van der Waals surface area contributed by atoms with Crippen LogP contribution >= 0.6 is 0 Å². The molecule has 1 aliphatic rings. The van der Waals surface area contributed by atoms with Crippen LogP contribution in [-0.2, 0) is 26.2 Å². The fraction of sp³-hybridized carbons (Fsp3) is 0.412. The van der Waals surface area contributed by atoms with Crippen molar-refractivity contribution >= 4 is 27.5 Å². The van der Waals surface area contributed by atoms with Crippen LogP contribution in [0.25, 0.3) is 0 Å². The lowest BCUT2D eigenvalue weighted by Gasteiger charge is -2.34. The lowest BCUT2D eigenvalue weighted by Crippen LogP contribution is -2.53. The quantitative estimate of drug-likeness (QED) is 0.298. The monoisotopic (exact) mass is 589 g/mol. The molecule has 1 atom stereocenters. The predicted octanol–water partition coefficient (Wildman–Crippen LogP) is 5.98. The highest BCUT2D eigenvalue weighted by molar-refractivity contribution is 7.92. The molecule has 0 aliphatic heterocycles. The minimum atomic E-state index is -4.10. The predicted molar refractivity (Wildman–Crippen MR) is 168 cm³/mol. The third-order valence-electron chi connectivity index (χ3n) is 7.91. The van der Waals surface area contributed by atoms with Gasteiger partial charge in [-0.05, 0) is 87.9 Å². The fourth-order valence-electron chi connectivity index (χ4n) is 5.76. The van der Waals surface area contributed by atoms with Gasteiger partial charge in [0, 0.05) is 12.6 Å². The number of nitrogens with one attached hydrogen (secondary N) is 1. The summed E-state index contributed by atoms with van der Waals surface area (Å²) in [5, 5.41) is 3.16. The number of carbonyl (C=O) groups is 2. The number of benzene rings is 3. The number of hydrogen-bond acceptors (Lipinski definition) is 4. The summed E-state index contributed by atoms with van der Waals surface area (Å²) in [6, 6.07) is 19.4. The maximum Gasteiger partial charge on any atom is 0.264 e. The van der Waals surface area contributed by atoms with Gasteiger partial charge in [0.2, 0.25) is 11.8 Å². The van der Waals surface area contributed by atoms with Crippen LogP contribution in [0.15, 0.2) is 71.6 Å². The van der Waals surface area contributed by atoms with Gasteiger partial charge in [-0.1, -0.05) is 73.4 Å². The maximum atomic E-state index is 14.3. The molecule has 1 aliphatic carbocycles. The Morgan fingerprint density at radius 2 is 1.50 bits per heavy atom. The molecular formula is C34H43N3O4S. The molecule has 0 spiro atoms. The average Bonchev–Trinajstić information content (AvgIpc) is 3.44. The van der Waals surface area contributed by atoms with Crippen molar-refractivity contribution in [3.63, 3.8) is 0 Å². The van der Waals surface area contributed by atoms with Crippen molar-refractivity contribution in [1.29, 1.82) is 0 Å². The average molecular weight is 590 g/mol. The standard InChI is InChI=1S/C34H43N3O4S/c1-6-32(34(39)35-29-12-7-8-13-29)36(22-28-11-9-10-25(3)19-28)33(38)23-37(30-20-26(4)18-27(5)21-30)42(40,41)31-16-14-24(2)15-17-31/h9-11,14-21,29,32H,6-8,12-13,22-23H2,1-5H3,(H,35,39). The van der Waals surface area contributed by atoms with Crippen LogP contribution in [0.3, 0.4) is 0 Å². The molecule has 224 valence electrons. The molecule has 2 amide bonds. The van der Waals surface area contributed by atoms with Gasteiger partial charge < -0.3 is 10.2 Å². The van der Waals surface area contributed by atoms with E-state index in [9.17, 15) is 18.0 Å². The van der Waals surface area contributed by atoms with E-state index in [1.165, 1.54) is 4.31 Å². The minimum absolute atomic E-state index is 0.108. The number of aryl methyl sites for hydroxylation is 4. The van der Waals surface area contributed by atoms with Crippen molar-refractivity contribution in [2.75, 3.05) is 10.8 Å². The first-order valence-electron chi connectivity index (χ1n) is 14.8. The van der Waals surface area contributed by atoms with Crippen molar-refractivity contribution in [3.8, 4) is 0 Å². The second kappa shape index (κ2) is 13.6. The Morgan fingerprint density at radius 3 is 2.10 bits per heavy atom. The van der Waals surface area contributed by atoms with Gasteiger partial charge >= 0.3 is 0 Å². The molecule has 1 saturated carbocycles. The number of anilines is 1. The maximum absolute atomic E-state index is 14.3. The van der Waals surface area contributed by atoms with Crippen LogP contribution in [0.4, 0.5) is 5.69 Å². The second-order valence-electron chi connectivity index (χ2n) is 11.6. The lowest BCUT2D eigenvalue weighted by molar-refractivity contribution is -0.140. The Morgan fingerprint density at radius 1 is 0.857 bits per heavy atom. The Balaban J connectivity index is 1.74. The highest BCUT2D eigenvalue weighted by Crippen LogP contribution is 2.27. The molecule has 3 aromatic carbocycles. The topological polar surface area (TPSA) is 86.8 Å². The summed E-state index contributed by atoms with van der Waals surface area (Å²) >= 11 is 0. The summed E-state index contributed by atoms with van der Waals surface area (Å²) in [5.74, 6) is -0.621. The first-order chi connectivity index (χ1) is 20.0. The molecule has 4 rings (SSSR count). The van der Waals surface area contributed by atoms with Gasteiger partial charge in [0.15, 0.2) is 0 Å². The number of rotatable bonds is 11. The van der Waals surface area contributed by atoms with Gasteiger partial charge in [0.05, 0.1) is 10.6 Å². The molecule has 0 saturated heterocycles. The van der Waals surface area contributed by atoms with Crippen LogP contribution in [0.2, 0.25) is 0 Å². The first kappa shape index (κ1) is 31.3. The van der Waals surface area contributed by atoms with E-state index in [1.807, 2.05) is 65.0 Å². The van der Waals surface area contributed by atoms with Gasteiger partial charge in [0.25, 0.3) is 10.0 Å². The molecule has 1 N–H and O–H groups in total. The Hall–Kier alpha value is -3.65. The summed E-state index contributed by atoms with van der Waals surface area (Å²) < 4.78 is 29.4. The van der Waals surface area contributed by atoms with Crippen LogP contribution in [0.1, 0.15) is 66.8 Å². The van der Waals surface area contributed by atoms with Gasteiger partial charge in [-0.15, -0.1) is 0 Å². The zero-order chi connectivity index (χ0) is 30.4. The van der Waals surface area contributed by atoms with Crippen LogP contribution in [0.5, 0.6) is 0 Å². The van der Waals surface area contributed by atoms with E-state index in [-0.39, 0.29) is 23.4 Å². The third-order valence-corrected chi connectivity index (χ3v) is 9.69. The zero-order valence-corrected chi connectivity index (χ0v) is 26.2. The van der Waals surface area contributed by atoms with Crippen molar-refractivity contribution < 1.29 is 18.0 Å². The van der Waals surface area contributed by atoms with Crippen molar-refractivity contribution in [2.24, 2.45) is 0 Å². The van der Waals surface area contributed by atoms with Gasteiger partial charge in [-0.2, -0.15) is 0 Å². The van der Waals surface area contributed by atoms with E-state index in [2.05, 4.69) is 5.32 Å². The number of nitrogens with zero attached hydrogens (tertiary/aromatic N) is 2. The summed E-state index contributed by atoms with van der Waals surface area (Å²) in [7, 11) is -4.10. The highest BCUT2D eigenvalue weighted by atomic mass is 32.2. The molecule has 7 nitrogen and oxygen atoms in total. The summed E-state index contributed by atoms with van der Waals surface area (Å²) in [6.45, 7) is 9.34. The van der Waals surface area contributed by atoms with Crippen molar-refractivity contribution in [1.82, 2.24) is 10.2 Å². The van der Waals surface area contributed by atoms with E-state index < -0.39 is 28.5 Å². The number of carbonyl (C=O) groups excluding carboxylic acids is 2. The Kier molecular flexibility index (Phi) is 10.1.